The molecule has 3 heterocycles. The van der Waals surface area contributed by atoms with E-state index in [4.69, 9.17) is 0 Å². The van der Waals surface area contributed by atoms with Gasteiger partial charge in [-0.15, -0.1) is 20.4 Å². The van der Waals surface area contributed by atoms with Crippen molar-refractivity contribution in [1.82, 2.24) is 29.5 Å². The van der Waals surface area contributed by atoms with Crippen molar-refractivity contribution in [2.24, 2.45) is 0 Å². The summed E-state index contributed by atoms with van der Waals surface area (Å²) in [5.74, 6) is 2.89. The monoisotopic (exact) mass is 473 g/mol. The maximum absolute atomic E-state index is 12.7. The molecule has 2 aromatic heterocycles. The molecule has 34 heavy (non-hydrogen) atoms. The zero-order valence-electron chi connectivity index (χ0n) is 19.1. The second kappa shape index (κ2) is 10.2. The van der Waals surface area contributed by atoms with E-state index in [1.807, 2.05) is 59.2 Å². The predicted molar refractivity (Wildman–Crippen MR) is 133 cm³/mol. The number of nitrogens with zero attached hydrogens (tertiary/aromatic N) is 6. The number of amides is 1. The Morgan fingerprint density at radius 1 is 0.941 bits per heavy atom. The number of thioether (sulfide) groups is 1. The van der Waals surface area contributed by atoms with E-state index in [0.29, 0.717) is 0 Å². The van der Waals surface area contributed by atoms with Crippen molar-refractivity contribution in [3.05, 3.63) is 60.4 Å². The van der Waals surface area contributed by atoms with Gasteiger partial charge in [0.1, 0.15) is 5.82 Å². The number of carbonyl (C=O) groups excluding carboxylic acids is 1. The third-order valence-electron chi connectivity index (χ3n) is 5.91. The van der Waals surface area contributed by atoms with Gasteiger partial charge >= 0.3 is 0 Å². The van der Waals surface area contributed by atoms with E-state index in [0.717, 1.165) is 71.8 Å². The fraction of sp³-hybridized carbons (Fsp3) is 0.320. The van der Waals surface area contributed by atoms with Gasteiger partial charge in [-0.3, -0.25) is 4.79 Å². The fourth-order valence-corrected chi connectivity index (χ4v) is 5.05. The Hall–Kier alpha value is -3.46. The van der Waals surface area contributed by atoms with Gasteiger partial charge in [-0.05, 0) is 31.9 Å². The molecule has 1 N–H and O–H groups in total. The van der Waals surface area contributed by atoms with Crippen molar-refractivity contribution in [2.45, 2.75) is 50.9 Å². The summed E-state index contributed by atoms with van der Waals surface area (Å²) in [6.45, 7) is 3.72. The van der Waals surface area contributed by atoms with Crippen LogP contribution in [0.1, 0.15) is 32.0 Å². The highest BCUT2D eigenvalue weighted by Gasteiger charge is 2.17. The Bertz CT molecular complexity index is 1280. The van der Waals surface area contributed by atoms with Gasteiger partial charge in [-0.2, -0.15) is 0 Å². The molecule has 1 amide bonds. The number of aryl methyl sites for hydroxylation is 1. The van der Waals surface area contributed by atoms with E-state index in [1.54, 1.807) is 0 Å². The lowest BCUT2D eigenvalue weighted by atomic mass is 10.2. The second-order valence-electron chi connectivity index (χ2n) is 8.24. The average Bonchev–Trinajstić information content (AvgIpc) is 3.40. The number of anilines is 1. The minimum absolute atomic E-state index is 0.0888. The third kappa shape index (κ3) is 4.75. The molecule has 0 saturated heterocycles. The Morgan fingerprint density at radius 3 is 2.62 bits per heavy atom. The quantitative estimate of drug-likeness (QED) is 0.392. The lowest BCUT2D eigenvalue weighted by molar-refractivity contribution is -0.113. The molecule has 0 unspecified atom stereocenters. The largest absolute Gasteiger partial charge is 0.325 e. The molecule has 1 aliphatic heterocycles. The number of hydrogen-bond acceptors (Lipinski definition) is 6. The first-order valence-electron chi connectivity index (χ1n) is 11.7. The third-order valence-corrected chi connectivity index (χ3v) is 6.88. The van der Waals surface area contributed by atoms with Crippen molar-refractivity contribution in [3.8, 4) is 22.8 Å². The normalized spacial score (nSPS) is 13.3. The van der Waals surface area contributed by atoms with E-state index in [1.165, 1.54) is 18.2 Å². The number of nitrogens with one attached hydrogen (secondary N) is 1. The molecule has 0 atom stereocenters. The molecule has 0 saturated carbocycles. The summed E-state index contributed by atoms with van der Waals surface area (Å²) in [5, 5.41) is 21.2. The zero-order chi connectivity index (χ0) is 23.3. The van der Waals surface area contributed by atoms with Gasteiger partial charge in [-0.25, -0.2) is 0 Å². The molecule has 0 fully saturated rings. The summed E-state index contributed by atoms with van der Waals surface area (Å²) >= 11 is 1.39. The second-order valence-corrected chi connectivity index (χ2v) is 9.18. The molecule has 4 aromatic rings. The summed E-state index contributed by atoms with van der Waals surface area (Å²) in [6, 6.07) is 17.8. The van der Waals surface area contributed by atoms with Crippen LogP contribution in [-0.2, 0) is 24.3 Å². The molecule has 9 heteroatoms. The first-order valence-corrected chi connectivity index (χ1v) is 12.7. The van der Waals surface area contributed by atoms with Gasteiger partial charge in [0.25, 0.3) is 0 Å². The fourth-order valence-electron chi connectivity index (χ4n) is 4.24. The van der Waals surface area contributed by atoms with Crippen molar-refractivity contribution in [2.75, 3.05) is 11.1 Å². The van der Waals surface area contributed by atoms with Crippen molar-refractivity contribution in [3.63, 3.8) is 0 Å². The molecule has 5 rings (SSSR count). The minimum atomic E-state index is -0.0888. The summed E-state index contributed by atoms with van der Waals surface area (Å²) in [6.07, 6.45) is 4.48. The number of hydrogen-bond donors (Lipinski definition) is 1. The number of carbonyl (C=O) groups is 1. The first-order chi connectivity index (χ1) is 16.7. The highest BCUT2D eigenvalue weighted by Crippen LogP contribution is 2.26. The maximum atomic E-state index is 12.7. The van der Waals surface area contributed by atoms with Gasteiger partial charge in [0.2, 0.25) is 5.91 Å². The summed E-state index contributed by atoms with van der Waals surface area (Å²) in [4.78, 5) is 12.7. The summed E-state index contributed by atoms with van der Waals surface area (Å²) in [7, 11) is 0. The van der Waals surface area contributed by atoms with Crippen LogP contribution >= 0.6 is 11.8 Å². The van der Waals surface area contributed by atoms with Gasteiger partial charge in [0, 0.05) is 36.3 Å². The SMILES string of the molecule is CCn1c(SCC(=O)Nc2cccc(-c3nnc4n3CCCCC4)c2)nnc1-c1ccccc1. The van der Waals surface area contributed by atoms with E-state index in [2.05, 4.69) is 37.2 Å². The number of fused-ring (bicyclic) bond motifs is 1. The van der Waals surface area contributed by atoms with E-state index >= 15 is 0 Å². The molecular formula is C25H27N7OS. The smallest absolute Gasteiger partial charge is 0.234 e. The van der Waals surface area contributed by atoms with Crippen molar-refractivity contribution >= 4 is 23.4 Å². The Morgan fingerprint density at radius 2 is 1.76 bits per heavy atom. The Labute approximate surface area is 202 Å². The Kier molecular flexibility index (Phi) is 6.71. The van der Waals surface area contributed by atoms with Crippen LogP contribution < -0.4 is 5.32 Å². The van der Waals surface area contributed by atoms with Crippen LogP contribution in [0.15, 0.2) is 59.8 Å². The van der Waals surface area contributed by atoms with Crippen molar-refractivity contribution in [1.29, 1.82) is 0 Å². The predicted octanol–water partition coefficient (Wildman–Crippen LogP) is 4.68. The molecule has 8 nitrogen and oxygen atoms in total. The highest BCUT2D eigenvalue weighted by atomic mass is 32.2. The summed E-state index contributed by atoms with van der Waals surface area (Å²) < 4.78 is 4.25. The van der Waals surface area contributed by atoms with E-state index in [-0.39, 0.29) is 11.7 Å². The van der Waals surface area contributed by atoms with Crippen LogP contribution in [0.25, 0.3) is 22.8 Å². The molecule has 0 bridgehead atoms. The van der Waals surface area contributed by atoms with E-state index in [9.17, 15) is 4.79 Å². The van der Waals surface area contributed by atoms with E-state index < -0.39 is 0 Å². The maximum Gasteiger partial charge on any atom is 0.234 e. The topological polar surface area (TPSA) is 90.5 Å². The summed E-state index contributed by atoms with van der Waals surface area (Å²) in [5.41, 5.74) is 2.72. The molecule has 174 valence electrons. The number of rotatable bonds is 7. The van der Waals surface area contributed by atoms with Gasteiger partial charge in [0.15, 0.2) is 16.8 Å². The van der Waals surface area contributed by atoms with Gasteiger partial charge in [-0.1, -0.05) is 60.6 Å². The highest BCUT2D eigenvalue weighted by molar-refractivity contribution is 7.99. The number of aromatic nitrogens is 6. The van der Waals surface area contributed by atoms with Crippen molar-refractivity contribution < 1.29 is 4.79 Å². The molecule has 0 aliphatic carbocycles. The van der Waals surface area contributed by atoms with Crippen LogP contribution in [0.2, 0.25) is 0 Å². The van der Waals surface area contributed by atoms with Crippen LogP contribution in [-0.4, -0.2) is 41.2 Å². The Balaban J connectivity index is 1.26. The minimum Gasteiger partial charge on any atom is -0.325 e. The lowest BCUT2D eigenvalue weighted by Crippen LogP contribution is -2.14. The van der Waals surface area contributed by atoms with Crippen LogP contribution in [0.4, 0.5) is 5.69 Å². The molecular weight excluding hydrogens is 446 g/mol. The van der Waals surface area contributed by atoms with Crippen LogP contribution in [0, 0.1) is 0 Å². The molecule has 2 aromatic carbocycles. The zero-order valence-corrected chi connectivity index (χ0v) is 20.0. The van der Waals surface area contributed by atoms with Gasteiger partial charge in [0.05, 0.1) is 5.75 Å². The molecule has 1 aliphatic rings. The molecule has 0 spiro atoms. The van der Waals surface area contributed by atoms with Crippen LogP contribution in [0.5, 0.6) is 0 Å². The molecule has 0 radical (unpaired) electrons. The first kappa shape index (κ1) is 22.3. The average molecular weight is 474 g/mol. The standard InChI is InChI=1S/C25H27N7OS/c1-2-31-23(18-10-5-3-6-11-18)29-30-25(31)34-17-22(33)26-20-13-9-12-19(16-20)24-28-27-21-14-7-4-8-15-32(21)24/h3,5-6,9-13,16H,2,4,7-8,14-15,17H2,1H3,(H,26,33). The lowest BCUT2D eigenvalue weighted by Gasteiger charge is -2.10. The number of benzene rings is 2. The van der Waals surface area contributed by atoms with Gasteiger partial charge < -0.3 is 14.5 Å². The van der Waals surface area contributed by atoms with Crippen LogP contribution in [0.3, 0.4) is 0 Å².